The van der Waals surface area contributed by atoms with E-state index in [1.165, 1.54) is 22.4 Å². The van der Waals surface area contributed by atoms with Gasteiger partial charge in [0.25, 0.3) is 5.56 Å². The molecule has 284 valence electrons. The quantitative estimate of drug-likeness (QED) is 0.219. The van der Waals surface area contributed by atoms with Crippen molar-refractivity contribution in [1.29, 1.82) is 0 Å². The lowest BCUT2D eigenvalue weighted by Crippen LogP contribution is -2.47. The molecule has 54 heavy (non-hydrogen) atoms. The number of imide groups is 1. The maximum Gasteiger partial charge on any atom is 0.573 e. The molecule has 0 spiro atoms. The van der Waals surface area contributed by atoms with E-state index in [0.717, 1.165) is 31.4 Å². The van der Waals surface area contributed by atoms with E-state index in [-0.39, 0.29) is 34.9 Å². The molecule has 1 atom stereocenters. The number of rotatable bonds is 9. The maximum absolute atomic E-state index is 13.6. The Hall–Kier alpha value is -5.24. The van der Waals surface area contributed by atoms with Crippen molar-refractivity contribution in [3.05, 3.63) is 88.6 Å². The number of aryl methyl sites for hydroxylation is 1. The third-order valence-corrected chi connectivity index (χ3v) is 11.0. The van der Waals surface area contributed by atoms with Gasteiger partial charge in [-0.2, -0.15) is 0 Å². The summed E-state index contributed by atoms with van der Waals surface area (Å²) in [5.74, 6) is -0.257. The van der Waals surface area contributed by atoms with Crippen molar-refractivity contribution >= 4 is 34.2 Å². The molecule has 3 fully saturated rings. The number of anilines is 1. The van der Waals surface area contributed by atoms with Crippen LogP contribution in [-0.4, -0.2) is 82.2 Å². The minimum atomic E-state index is -4.87. The van der Waals surface area contributed by atoms with E-state index >= 15 is 0 Å². The van der Waals surface area contributed by atoms with Crippen LogP contribution in [0.3, 0.4) is 0 Å². The van der Waals surface area contributed by atoms with E-state index in [4.69, 9.17) is 0 Å². The highest BCUT2D eigenvalue weighted by atomic mass is 19.4. The highest BCUT2D eigenvalue weighted by Gasteiger charge is 2.33. The number of amides is 3. The van der Waals surface area contributed by atoms with Crippen LogP contribution in [0.4, 0.5) is 18.9 Å². The molecule has 3 aliphatic heterocycles. The standard InChI is InChI=1S/C40H43F3N6O5/c1-47-23-33(31-10-15-44-22-32(31)39(47)53)28-2-3-29(35(21-28)54-40(41,42)43)20-25-11-16-48(17-12-25)24-37(51)49-18-13-27(14-19-49)26-4-6-30(7-5-26)45-34-8-9-36(50)46-38(34)52/h2-7,10,15,21-23,25,27,34,45H,8-9,11-14,16-20,24H2,1H3,(H,46,50,52). The molecule has 0 bridgehead atoms. The predicted octanol–water partition coefficient (Wildman–Crippen LogP) is 5.38. The number of piperidine rings is 3. The van der Waals surface area contributed by atoms with Gasteiger partial charge in [-0.3, -0.25) is 34.4 Å². The van der Waals surface area contributed by atoms with Crippen molar-refractivity contribution in [2.24, 2.45) is 13.0 Å². The van der Waals surface area contributed by atoms with Gasteiger partial charge in [-0.25, -0.2) is 0 Å². The first-order valence-corrected chi connectivity index (χ1v) is 18.4. The van der Waals surface area contributed by atoms with Crippen LogP contribution in [-0.2, 0) is 27.9 Å². The molecule has 2 N–H and O–H groups in total. The molecule has 7 rings (SSSR count). The highest BCUT2D eigenvalue weighted by Crippen LogP contribution is 2.36. The number of likely N-dealkylation sites (tertiary alicyclic amines) is 2. The Labute approximate surface area is 310 Å². The minimum absolute atomic E-state index is 0.0915. The lowest BCUT2D eigenvalue weighted by Gasteiger charge is -2.36. The lowest BCUT2D eigenvalue weighted by molar-refractivity contribution is -0.274. The lowest BCUT2D eigenvalue weighted by atomic mass is 9.88. The van der Waals surface area contributed by atoms with E-state index in [1.807, 2.05) is 17.0 Å². The Bertz CT molecular complexity index is 2090. The zero-order valence-corrected chi connectivity index (χ0v) is 30.0. The number of hydrogen-bond acceptors (Lipinski definition) is 8. The molecule has 5 heterocycles. The van der Waals surface area contributed by atoms with Gasteiger partial charge in [0.1, 0.15) is 11.8 Å². The van der Waals surface area contributed by atoms with Crippen molar-refractivity contribution in [2.45, 2.75) is 63.3 Å². The molecule has 0 aliphatic carbocycles. The number of carbonyl (C=O) groups excluding carboxylic acids is 3. The smallest absolute Gasteiger partial charge is 0.405 e. The molecular formula is C40H43F3N6O5. The summed E-state index contributed by atoms with van der Waals surface area (Å²) < 4.78 is 46.8. The van der Waals surface area contributed by atoms with Gasteiger partial charge in [0.2, 0.25) is 17.7 Å². The topological polar surface area (TPSA) is 126 Å². The summed E-state index contributed by atoms with van der Waals surface area (Å²) in [7, 11) is 1.59. The third kappa shape index (κ3) is 8.59. The SMILES string of the molecule is Cn1cc(-c2ccc(CC3CCN(CC(=O)N4CCC(c5ccc(NC6CCC(=O)NC6=O)cc5)CC4)CC3)c(OC(F)(F)F)c2)c2ccncc2c1=O. The van der Waals surface area contributed by atoms with Crippen molar-refractivity contribution in [3.63, 3.8) is 0 Å². The van der Waals surface area contributed by atoms with Gasteiger partial charge in [-0.05, 0) is 110 Å². The van der Waals surface area contributed by atoms with Crippen LogP contribution in [0.25, 0.3) is 21.9 Å². The third-order valence-electron chi connectivity index (χ3n) is 11.0. The first-order chi connectivity index (χ1) is 25.9. The van der Waals surface area contributed by atoms with Gasteiger partial charge in [0.05, 0.1) is 11.9 Å². The Morgan fingerprint density at radius 1 is 0.944 bits per heavy atom. The van der Waals surface area contributed by atoms with Gasteiger partial charge in [0, 0.05) is 56.4 Å². The van der Waals surface area contributed by atoms with Crippen molar-refractivity contribution in [2.75, 3.05) is 38.0 Å². The fourth-order valence-electron chi connectivity index (χ4n) is 7.95. The first-order valence-electron chi connectivity index (χ1n) is 18.4. The predicted molar refractivity (Wildman–Crippen MR) is 197 cm³/mol. The normalized spacial score (nSPS) is 19.2. The zero-order chi connectivity index (χ0) is 38.0. The molecule has 2 aromatic heterocycles. The molecule has 4 aromatic rings. The van der Waals surface area contributed by atoms with Gasteiger partial charge in [-0.15, -0.1) is 13.2 Å². The number of aromatic nitrogens is 2. The highest BCUT2D eigenvalue weighted by molar-refractivity contribution is 6.01. The maximum atomic E-state index is 13.6. The molecule has 0 radical (unpaired) electrons. The summed E-state index contributed by atoms with van der Waals surface area (Å²) in [5, 5.41) is 6.54. The second-order valence-electron chi connectivity index (χ2n) is 14.6. The van der Waals surface area contributed by atoms with Crippen LogP contribution in [0, 0.1) is 5.92 Å². The summed E-state index contributed by atoms with van der Waals surface area (Å²) in [4.78, 5) is 57.5. The second-order valence-corrected chi connectivity index (χ2v) is 14.6. The van der Waals surface area contributed by atoms with Gasteiger partial charge in [0.15, 0.2) is 0 Å². The fourth-order valence-corrected chi connectivity index (χ4v) is 7.95. The Morgan fingerprint density at radius 3 is 2.39 bits per heavy atom. The average molecular weight is 745 g/mol. The monoisotopic (exact) mass is 744 g/mol. The molecule has 2 aromatic carbocycles. The number of pyridine rings is 2. The summed E-state index contributed by atoms with van der Waals surface area (Å²) in [6.07, 6.45) is 4.13. The van der Waals surface area contributed by atoms with Crippen molar-refractivity contribution in [3.8, 4) is 16.9 Å². The number of nitrogens with one attached hydrogen (secondary N) is 2. The number of alkyl halides is 3. The van der Waals surface area contributed by atoms with Crippen LogP contribution >= 0.6 is 0 Å². The molecule has 14 heteroatoms. The summed E-state index contributed by atoms with van der Waals surface area (Å²) >= 11 is 0. The Morgan fingerprint density at radius 2 is 1.69 bits per heavy atom. The van der Waals surface area contributed by atoms with E-state index in [2.05, 4.69) is 37.4 Å². The number of nitrogens with zero attached hydrogens (tertiary/aromatic N) is 4. The number of fused-ring (bicyclic) bond motifs is 1. The van der Waals surface area contributed by atoms with Gasteiger partial charge >= 0.3 is 6.36 Å². The second kappa shape index (κ2) is 15.6. The average Bonchev–Trinajstić information content (AvgIpc) is 3.15. The van der Waals surface area contributed by atoms with Crippen molar-refractivity contribution < 1.29 is 32.3 Å². The number of carbonyl (C=O) groups is 3. The largest absolute Gasteiger partial charge is 0.573 e. The Balaban J connectivity index is 0.909. The van der Waals surface area contributed by atoms with Crippen LogP contribution in [0.2, 0.25) is 0 Å². The van der Waals surface area contributed by atoms with Gasteiger partial charge < -0.3 is 19.5 Å². The number of halogens is 3. The van der Waals surface area contributed by atoms with E-state index < -0.39 is 12.4 Å². The molecular weight excluding hydrogens is 701 g/mol. The molecule has 3 saturated heterocycles. The number of ether oxygens (including phenoxy) is 1. The molecule has 3 aliphatic rings. The minimum Gasteiger partial charge on any atom is -0.405 e. The van der Waals surface area contributed by atoms with Crippen LogP contribution in [0.5, 0.6) is 5.75 Å². The Kier molecular flexibility index (Phi) is 10.7. The van der Waals surface area contributed by atoms with Gasteiger partial charge in [-0.1, -0.05) is 24.3 Å². The molecule has 11 nitrogen and oxygen atoms in total. The van der Waals surface area contributed by atoms with Crippen LogP contribution < -0.4 is 20.9 Å². The fraction of sp³-hybridized carbons (Fsp3) is 0.425. The number of hydrogen-bond donors (Lipinski definition) is 2. The van der Waals surface area contributed by atoms with E-state index in [9.17, 15) is 32.3 Å². The molecule has 1 unspecified atom stereocenters. The van der Waals surface area contributed by atoms with Crippen LogP contribution in [0.1, 0.15) is 55.6 Å². The molecule has 0 saturated carbocycles. The van der Waals surface area contributed by atoms with Crippen molar-refractivity contribution in [1.82, 2.24) is 24.7 Å². The summed E-state index contributed by atoms with van der Waals surface area (Å²) in [5.41, 5.74) is 3.33. The first kappa shape index (κ1) is 37.1. The molecule has 3 amide bonds. The van der Waals surface area contributed by atoms with E-state index in [0.29, 0.717) is 85.4 Å². The van der Waals surface area contributed by atoms with Crippen LogP contribution in [0.15, 0.2) is 71.9 Å². The zero-order valence-electron chi connectivity index (χ0n) is 30.0. The number of benzene rings is 2. The summed E-state index contributed by atoms with van der Waals surface area (Å²) in [6.45, 7) is 3.01. The summed E-state index contributed by atoms with van der Waals surface area (Å²) in [6, 6.07) is 14.1. The van der Waals surface area contributed by atoms with E-state index in [1.54, 1.807) is 37.6 Å².